The summed E-state index contributed by atoms with van der Waals surface area (Å²) in [5.41, 5.74) is 1.27. The van der Waals surface area contributed by atoms with Crippen LogP contribution in [0.25, 0.3) is 0 Å². The summed E-state index contributed by atoms with van der Waals surface area (Å²) in [6.07, 6.45) is 1.56. The van der Waals surface area contributed by atoms with Crippen LogP contribution in [0.5, 0.6) is 0 Å². The normalized spacial score (nSPS) is 10.1. The predicted molar refractivity (Wildman–Crippen MR) is 77.7 cm³/mol. The lowest BCUT2D eigenvalue weighted by molar-refractivity contribution is -0.137. The zero-order chi connectivity index (χ0) is 15.1. The number of amides is 1. The number of nitrogens with zero attached hydrogens (tertiary/aromatic N) is 2. The van der Waals surface area contributed by atoms with Gasteiger partial charge in [0.1, 0.15) is 0 Å². The molecule has 21 heavy (non-hydrogen) atoms. The maximum atomic E-state index is 12.5. The Morgan fingerprint density at radius 2 is 1.76 bits per heavy atom. The molecule has 0 saturated carbocycles. The van der Waals surface area contributed by atoms with Crippen molar-refractivity contribution in [3.8, 4) is 0 Å². The molecule has 0 unspecified atom stereocenters. The van der Waals surface area contributed by atoms with E-state index in [0.29, 0.717) is 12.1 Å². The van der Waals surface area contributed by atoms with Crippen LogP contribution in [0.1, 0.15) is 22.5 Å². The number of carboxylic acid groups (broad SMARTS) is 1. The first-order valence-electron chi connectivity index (χ1n) is 6.63. The minimum absolute atomic E-state index is 0.0919. The molecule has 0 aliphatic heterocycles. The highest BCUT2D eigenvalue weighted by Crippen LogP contribution is 2.09. The number of aromatic nitrogens is 1. The lowest BCUT2D eigenvalue weighted by atomic mass is 10.2. The molecule has 1 aromatic carbocycles. The van der Waals surface area contributed by atoms with E-state index in [-0.39, 0.29) is 18.9 Å². The molecule has 0 saturated heterocycles. The van der Waals surface area contributed by atoms with E-state index in [0.717, 1.165) is 5.69 Å². The molecule has 0 atom stereocenters. The summed E-state index contributed by atoms with van der Waals surface area (Å²) in [5, 5.41) is 8.83. The van der Waals surface area contributed by atoms with Crippen LogP contribution in [0.15, 0.2) is 54.7 Å². The highest BCUT2D eigenvalue weighted by Gasteiger charge is 2.17. The van der Waals surface area contributed by atoms with Crippen LogP contribution in [0.3, 0.4) is 0 Å². The SMILES string of the molecule is O=C(O)CCN(Cc1ccccn1)C(=O)c1ccccc1. The Labute approximate surface area is 122 Å². The van der Waals surface area contributed by atoms with Crippen molar-refractivity contribution in [2.45, 2.75) is 13.0 Å². The molecule has 0 radical (unpaired) electrons. The van der Waals surface area contributed by atoms with Crippen LogP contribution >= 0.6 is 0 Å². The zero-order valence-corrected chi connectivity index (χ0v) is 11.5. The van der Waals surface area contributed by atoms with Crippen molar-refractivity contribution in [1.29, 1.82) is 0 Å². The van der Waals surface area contributed by atoms with Crippen molar-refractivity contribution >= 4 is 11.9 Å². The second kappa shape index (κ2) is 7.19. The Morgan fingerprint density at radius 3 is 2.38 bits per heavy atom. The van der Waals surface area contributed by atoms with E-state index >= 15 is 0 Å². The van der Waals surface area contributed by atoms with E-state index in [1.807, 2.05) is 18.2 Å². The smallest absolute Gasteiger partial charge is 0.305 e. The van der Waals surface area contributed by atoms with Gasteiger partial charge in [0.15, 0.2) is 0 Å². The molecule has 1 heterocycles. The minimum atomic E-state index is -0.929. The number of benzene rings is 1. The van der Waals surface area contributed by atoms with Gasteiger partial charge in [-0.15, -0.1) is 0 Å². The van der Waals surface area contributed by atoms with Crippen molar-refractivity contribution in [3.63, 3.8) is 0 Å². The molecule has 1 amide bonds. The third-order valence-corrected chi connectivity index (χ3v) is 2.98. The number of carbonyl (C=O) groups excluding carboxylic acids is 1. The van der Waals surface area contributed by atoms with Gasteiger partial charge in [0.2, 0.25) is 0 Å². The molecular formula is C16H16N2O3. The van der Waals surface area contributed by atoms with E-state index < -0.39 is 5.97 Å². The monoisotopic (exact) mass is 284 g/mol. The topological polar surface area (TPSA) is 70.5 Å². The third-order valence-electron chi connectivity index (χ3n) is 2.98. The molecule has 1 N–H and O–H groups in total. The summed E-state index contributed by atoms with van der Waals surface area (Å²) in [7, 11) is 0. The fraction of sp³-hybridized carbons (Fsp3) is 0.188. The van der Waals surface area contributed by atoms with Crippen molar-refractivity contribution in [1.82, 2.24) is 9.88 Å². The van der Waals surface area contributed by atoms with Gasteiger partial charge in [-0.3, -0.25) is 14.6 Å². The average Bonchev–Trinajstić information content (AvgIpc) is 2.52. The Balaban J connectivity index is 2.15. The second-order valence-corrected chi connectivity index (χ2v) is 4.56. The number of rotatable bonds is 6. The Kier molecular flexibility index (Phi) is 5.04. The van der Waals surface area contributed by atoms with Gasteiger partial charge in [0.05, 0.1) is 18.7 Å². The minimum Gasteiger partial charge on any atom is -0.481 e. The van der Waals surface area contributed by atoms with Crippen LogP contribution in [0.2, 0.25) is 0 Å². The van der Waals surface area contributed by atoms with Crippen LogP contribution in [0.4, 0.5) is 0 Å². The number of pyridine rings is 1. The molecule has 0 bridgehead atoms. The molecule has 1 aromatic heterocycles. The fourth-order valence-electron chi connectivity index (χ4n) is 1.93. The van der Waals surface area contributed by atoms with Gasteiger partial charge in [-0.05, 0) is 24.3 Å². The summed E-state index contributed by atoms with van der Waals surface area (Å²) in [6, 6.07) is 14.3. The molecule has 108 valence electrons. The van der Waals surface area contributed by atoms with Crippen molar-refractivity contribution in [2.24, 2.45) is 0 Å². The van der Waals surface area contributed by atoms with E-state index in [2.05, 4.69) is 4.98 Å². The van der Waals surface area contributed by atoms with Gasteiger partial charge >= 0.3 is 5.97 Å². The molecule has 5 heteroatoms. The van der Waals surface area contributed by atoms with Crippen LogP contribution < -0.4 is 0 Å². The highest BCUT2D eigenvalue weighted by molar-refractivity contribution is 5.94. The Hall–Kier alpha value is -2.69. The molecule has 0 aliphatic rings. The lowest BCUT2D eigenvalue weighted by Gasteiger charge is -2.21. The van der Waals surface area contributed by atoms with Gasteiger partial charge in [0, 0.05) is 18.3 Å². The van der Waals surface area contributed by atoms with Gasteiger partial charge < -0.3 is 10.0 Å². The molecule has 2 aromatic rings. The Bertz CT molecular complexity index is 599. The van der Waals surface area contributed by atoms with Gasteiger partial charge in [-0.1, -0.05) is 24.3 Å². The van der Waals surface area contributed by atoms with E-state index in [9.17, 15) is 9.59 Å². The number of carboxylic acids is 1. The summed E-state index contributed by atoms with van der Waals surface area (Å²) in [4.78, 5) is 28.9. The fourth-order valence-corrected chi connectivity index (χ4v) is 1.93. The van der Waals surface area contributed by atoms with E-state index in [1.54, 1.807) is 36.5 Å². The molecular weight excluding hydrogens is 268 g/mol. The molecule has 2 rings (SSSR count). The van der Waals surface area contributed by atoms with Crippen LogP contribution in [-0.2, 0) is 11.3 Å². The standard InChI is InChI=1S/C16H16N2O3/c19-15(20)9-11-18(12-14-8-4-5-10-17-14)16(21)13-6-2-1-3-7-13/h1-8,10H,9,11-12H2,(H,19,20). The van der Waals surface area contributed by atoms with Crippen molar-refractivity contribution in [3.05, 3.63) is 66.0 Å². The number of hydrogen-bond donors (Lipinski definition) is 1. The predicted octanol–water partition coefficient (Wildman–Crippen LogP) is 2.20. The second-order valence-electron chi connectivity index (χ2n) is 4.56. The number of aliphatic carboxylic acids is 1. The first kappa shape index (κ1) is 14.7. The van der Waals surface area contributed by atoms with Gasteiger partial charge in [0.25, 0.3) is 5.91 Å². The average molecular weight is 284 g/mol. The maximum Gasteiger partial charge on any atom is 0.305 e. The Morgan fingerprint density at radius 1 is 1.05 bits per heavy atom. The summed E-state index contributed by atoms with van der Waals surface area (Å²) in [5.74, 6) is -1.12. The van der Waals surface area contributed by atoms with E-state index in [1.165, 1.54) is 4.90 Å². The van der Waals surface area contributed by atoms with Crippen LogP contribution in [0, 0.1) is 0 Å². The summed E-state index contributed by atoms with van der Waals surface area (Å²) in [6.45, 7) is 0.446. The molecule has 0 spiro atoms. The zero-order valence-electron chi connectivity index (χ0n) is 11.5. The van der Waals surface area contributed by atoms with E-state index in [4.69, 9.17) is 5.11 Å². The molecule has 5 nitrogen and oxygen atoms in total. The van der Waals surface area contributed by atoms with Crippen LogP contribution in [-0.4, -0.2) is 33.4 Å². The highest BCUT2D eigenvalue weighted by atomic mass is 16.4. The molecule has 0 aliphatic carbocycles. The van der Waals surface area contributed by atoms with Gasteiger partial charge in [-0.2, -0.15) is 0 Å². The maximum absolute atomic E-state index is 12.5. The quantitative estimate of drug-likeness (QED) is 0.882. The summed E-state index contributed by atoms with van der Waals surface area (Å²) >= 11 is 0. The largest absolute Gasteiger partial charge is 0.481 e. The molecule has 0 fully saturated rings. The number of hydrogen-bond acceptors (Lipinski definition) is 3. The summed E-state index contributed by atoms with van der Waals surface area (Å²) < 4.78 is 0. The van der Waals surface area contributed by atoms with Crippen molar-refractivity contribution < 1.29 is 14.7 Å². The van der Waals surface area contributed by atoms with Gasteiger partial charge in [-0.25, -0.2) is 0 Å². The first-order chi connectivity index (χ1) is 10.2. The third kappa shape index (κ3) is 4.42. The number of carbonyl (C=O) groups is 2. The first-order valence-corrected chi connectivity index (χ1v) is 6.63. The lowest BCUT2D eigenvalue weighted by Crippen LogP contribution is -2.32. The van der Waals surface area contributed by atoms with Crippen molar-refractivity contribution in [2.75, 3.05) is 6.54 Å².